The van der Waals surface area contributed by atoms with Gasteiger partial charge in [0.05, 0.1) is 13.2 Å². The first kappa shape index (κ1) is 16.3. The fourth-order valence-corrected chi connectivity index (χ4v) is 2.85. The van der Waals surface area contributed by atoms with Gasteiger partial charge < -0.3 is 15.0 Å². The monoisotopic (exact) mass is 309 g/mol. The standard InChI is InChI=1S/C16H27N3OS/c1-4-17-16(18-11-15-8-5-13(2)21-15)19(3)9-10-20-12-14-6-7-14/h5,8,14H,4,6-7,9-12H2,1-3H3,(H,17,18). The molecule has 0 aliphatic heterocycles. The molecule has 0 unspecified atom stereocenters. The van der Waals surface area contributed by atoms with Gasteiger partial charge in [-0.3, -0.25) is 0 Å². The smallest absolute Gasteiger partial charge is 0.194 e. The first-order chi connectivity index (χ1) is 10.2. The van der Waals surface area contributed by atoms with Crippen LogP contribution in [-0.2, 0) is 11.3 Å². The number of rotatable bonds is 8. The van der Waals surface area contributed by atoms with Crippen molar-refractivity contribution in [2.24, 2.45) is 10.9 Å². The molecule has 1 N–H and O–H groups in total. The number of guanidine groups is 1. The lowest BCUT2D eigenvalue weighted by molar-refractivity contribution is 0.115. The van der Waals surface area contributed by atoms with Crippen LogP contribution >= 0.6 is 11.3 Å². The molecule has 1 aliphatic rings. The Balaban J connectivity index is 1.77. The van der Waals surface area contributed by atoms with Crippen molar-refractivity contribution in [1.29, 1.82) is 0 Å². The molecule has 0 radical (unpaired) electrons. The molecule has 0 spiro atoms. The second-order valence-electron chi connectivity index (χ2n) is 5.62. The molecule has 1 saturated carbocycles. The number of hydrogen-bond acceptors (Lipinski definition) is 3. The summed E-state index contributed by atoms with van der Waals surface area (Å²) in [6.45, 7) is 8.44. The van der Waals surface area contributed by atoms with Crippen molar-refractivity contribution >= 4 is 17.3 Å². The van der Waals surface area contributed by atoms with Crippen LogP contribution in [0.4, 0.5) is 0 Å². The van der Waals surface area contributed by atoms with Gasteiger partial charge in [-0.1, -0.05) is 0 Å². The topological polar surface area (TPSA) is 36.9 Å². The number of nitrogens with zero attached hydrogens (tertiary/aromatic N) is 2. The Bertz CT molecular complexity index is 454. The van der Waals surface area contributed by atoms with Crippen LogP contribution in [0.1, 0.15) is 29.5 Å². The van der Waals surface area contributed by atoms with Crippen LogP contribution in [0.15, 0.2) is 17.1 Å². The zero-order valence-corrected chi connectivity index (χ0v) is 14.2. The zero-order valence-electron chi connectivity index (χ0n) is 13.4. The van der Waals surface area contributed by atoms with E-state index in [4.69, 9.17) is 9.73 Å². The molecular weight excluding hydrogens is 282 g/mol. The van der Waals surface area contributed by atoms with E-state index in [9.17, 15) is 0 Å². The number of nitrogens with one attached hydrogen (secondary N) is 1. The Labute approximate surface area is 132 Å². The average Bonchev–Trinajstić information content (AvgIpc) is 3.20. The zero-order chi connectivity index (χ0) is 15.1. The van der Waals surface area contributed by atoms with Gasteiger partial charge in [-0.2, -0.15) is 0 Å². The molecule has 118 valence electrons. The van der Waals surface area contributed by atoms with Crippen LogP contribution in [0.2, 0.25) is 0 Å². The summed E-state index contributed by atoms with van der Waals surface area (Å²) in [6, 6.07) is 4.31. The Morgan fingerprint density at radius 3 is 2.90 bits per heavy atom. The van der Waals surface area contributed by atoms with Crippen molar-refractivity contribution < 1.29 is 4.74 Å². The molecule has 0 saturated heterocycles. The van der Waals surface area contributed by atoms with Gasteiger partial charge in [0.25, 0.3) is 0 Å². The van der Waals surface area contributed by atoms with Gasteiger partial charge in [0, 0.05) is 36.5 Å². The number of aliphatic imine (C=N–C) groups is 1. The highest BCUT2D eigenvalue weighted by atomic mass is 32.1. The third kappa shape index (κ3) is 6.06. The molecule has 0 bridgehead atoms. The molecule has 1 aliphatic carbocycles. The van der Waals surface area contributed by atoms with Crippen LogP contribution in [0, 0.1) is 12.8 Å². The van der Waals surface area contributed by atoms with Gasteiger partial charge in [-0.15, -0.1) is 11.3 Å². The minimum absolute atomic E-state index is 0.744. The Morgan fingerprint density at radius 2 is 2.29 bits per heavy atom. The summed E-state index contributed by atoms with van der Waals surface area (Å²) >= 11 is 1.81. The molecule has 5 heteroatoms. The maximum absolute atomic E-state index is 5.70. The van der Waals surface area contributed by atoms with Crippen molar-refractivity contribution in [3.63, 3.8) is 0 Å². The molecule has 21 heavy (non-hydrogen) atoms. The summed E-state index contributed by atoms with van der Waals surface area (Å²) in [5, 5.41) is 3.35. The Hall–Kier alpha value is -1.07. The van der Waals surface area contributed by atoms with Gasteiger partial charge in [0.1, 0.15) is 0 Å². The number of aryl methyl sites for hydroxylation is 1. The summed E-state index contributed by atoms with van der Waals surface area (Å²) < 4.78 is 5.70. The lowest BCUT2D eigenvalue weighted by Gasteiger charge is -2.21. The highest BCUT2D eigenvalue weighted by Crippen LogP contribution is 2.28. The van der Waals surface area contributed by atoms with Gasteiger partial charge >= 0.3 is 0 Å². The van der Waals surface area contributed by atoms with Crippen LogP contribution in [0.25, 0.3) is 0 Å². The molecule has 1 aromatic rings. The van der Waals surface area contributed by atoms with Crippen LogP contribution in [0.3, 0.4) is 0 Å². The third-order valence-electron chi connectivity index (χ3n) is 3.50. The van der Waals surface area contributed by atoms with E-state index in [-0.39, 0.29) is 0 Å². The first-order valence-electron chi connectivity index (χ1n) is 7.81. The number of likely N-dealkylation sites (N-methyl/N-ethyl adjacent to an activating group) is 1. The van der Waals surface area contributed by atoms with Crippen molar-refractivity contribution in [3.8, 4) is 0 Å². The van der Waals surface area contributed by atoms with Crippen LogP contribution in [-0.4, -0.2) is 44.2 Å². The fraction of sp³-hybridized carbons (Fsp3) is 0.688. The van der Waals surface area contributed by atoms with Crippen LogP contribution < -0.4 is 5.32 Å². The van der Waals surface area contributed by atoms with Crippen molar-refractivity contribution in [1.82, 2.24) is 10.2 Å². The van der Waals surface area contributed by atoms with Gasteiger partial charge in [-0.05, 0) is 44.7 Å². The maximum atomic E-state index is 5.70. The summed E-state index contributed by atoms with van der Waals surface area (Å²) in [5.41, 5.74) is 0. The largest absolute Gasteiger partial charge is 0.379 e. The normalized spacial score (nSPS) is 15.3. The summed E-state index contributed by atoms with van der Waals surface area (Å²) in [6.07, 6.45) is 2.69. The molecule has 1 aromatic heterocycles. The van der Waals surface area contributed by atoms with Crippen LogP contribution in [0.5, 0.6) is 0 Å². The highest BCUT2D eigenvalue weighted by Gasteiger charge is 2.21. The number of ether oxygens (including phenoxy) is 1. The Morgan fingerprint density at radius 1 is 1.48 bits per heavy atom. The van der Waals surface area contributed by atoms with E-state index in [0.717, 1.165) is 44.7 Å². The highest BCUT2D eigenvalue weighted by molar-refractivity contribution is 7.11. The summed E-state index contributed by atoms with van der Waals surface area (Å²) in [5.74, 6) is 1.79. The molecule has 1 fully saturated rings. The van der Waals surface area contributed by atoms with Gasteiger partial charge in [-0.25, -0.2) is 4.99 Å². The van der Waals surface area contributed by atoms with Crippen molar-refractivity contribution in [3.05, 3.63) is 21.9 Å². The number of hydrogen-bond donors (Lipinski definition) is 1. The Kier molecular flexibility index (Phi) is 6.51. The predicted octanol–water partition coefficient (Wildman–Crippen LogP) is 2.88. The summed E-state index contributed by atoms with van der Waals surface area (Å²) in [4.78, 5) is 9.51. The SMILES string of the molecule is CCNC(=NCc1ccc(C)s1)N(C)CCOCC1CC1. The second kappa shape index (κ2) is 8.39. The van der Waals surface area contributed by atoms with E-state index >= 15 is 0 Å². The molecule has 2 rings (SSSR count). The maximum Gasteiger partial charge on any atom is 0.194 e. The lowest BCUT2D eigenvalue weighted by Crippen LogP contribution is -2.40. The first-order valence-corrected chi connectivity index (χ1v) is 8.63. The molecule has 0 atom stereocenters. The van der Waals surface area contributed by atoms with E-state index in [1.54, 1.807) is 0 Å². The second-order valence-corrected chi connectivity index (χ2v) is 6.99. The lowest BCUT2D eigenvalue weighted by atomic mass is 10.4. The van der Waals surface area contributed by atoms with Gasteiger partial charge in [0.15, 0.2) is 5.96 Å². The molecule has 1 heterocycles. The average molecular weight is 309 g/mol. The minimum Gasteiger partial charge on any atom is -0.379 e. The van der Waals surface area contributed by atoms with E-state index in [0.29, 0.717) is 0 Å². The van der Waals surface area contributed by atoms with Crippen molar-refractivity contribution in [2.75, 3.05) is 33.4 Å². The van der Waals surface area contributed by atoms with Gasteiger partial charge in [0.2, 0.25) is 0 Å². The summed E-state index contributed by atoms with van der Waals surface area (Å²) in [7, 11) is 2.07. The van der Waals surface area contributed by atoms with E-state index < -0.39 is 0 Å². The van der Waals surface area contributed by atoms with E-state index in [1.807, 2.05) is 11.3 Å². The fourth-order valence-electron chi connectivity index (χ4n) is 2.03. The quantitative estimate of drug-likeness (QED) is 0.456. The molecule has 4 nitrogen and oxygen atoms in total. The predicted molar refractivity (Wildman–Crippen MR) is 90.0 cm³/mol. The van der Waals surface area contributed by atoms with Crippen molar-refractivity contribution in [2.45, 2.75) is 33.2 Å². The molecule has 0 amide bonds. The minimum atomic E-state index is 0.744. The molecule has 0 aromatic carbocycles. The van der Waals surface area contributed by atoms with E-state index in [2.05, 4.69) is 43.2 Å². The number of thiophene rings is 1. The third-order valence-corrected chi connectivity index (χ3v) is 4.48. The van der Waals surface area contributed by atoms with E-state index in [1.165, 1.54) is 22.6 Å². The molecular formula is C16H27N3OS.